The largest absolute Gasteiger partial charge is 0.455 e. The molecule has 1 aliphatic heterocycles. The third-order valence-electron chi connectivity index (χ3n) is 6.56. The highest BCUT2D eigenvalue weighted by Crippen LogP contribution is 2.32. The Morgan fingerprint density at radius 3 is 2.60 bits per heavy atom. The first-order valence-corrected chi connectivity index (χ1v) is 12.9. The van der Waals surface area contributed by atoms with Crippen LogP contribution in [0.25, 0.3) is 6.08 Å². The molecule has 0 aromatic carbocycles. The number of nitrogens with zero attached hydrogens (tertiary/aromatic N) is 1. The van der Waals surface area contributed by atoms with Crippen LogP contribution < -0.4 is 0 Å². The van der Waals surface area contributed by atoms with Gasteiger partial charge in [0.25, 0.3) is 0 Å². The second-order valence-corrected chi connectivity index (χ2v) is 10.8. The fourth-order valence-electron chi connectivity index (χ4n) is 3.98. The highest BCUT2D eigenvalue weighted by Gasteiger charge is 2.43. The van der Waals surface area contributed by atoms with Gasteiger partial charge in [-0.15, -0.1) is 11.3 Å². The van der Waals surface area contributed by atoms with Crippen molar-refractivity contribution in [1.29, 1.82) is 0 Å². The van der Waals surface area contributed by atoms with Crippen molar-refractivity contribution in [2.24, 2.45) is 11.3 Å². The van der Waals surface area contributed by atoms with Gasteiger partial charge < -0.3 is 19.7 Å². The van der Waals surface area contributed by atoms with E-state index in [-0.39, 0.29) is 12.2 Å². The zero-order valence-corrected chi connectivity index (χ0v) is 22.2. The van der Waals surface area contributed by atoms with Gasteiger partial charge >= 0.3 is 5.97 Å². The zero-order chi connectivity index (χ0) is 26.3. The maximum absolute atomic E-state index is 15.1. The molecule has 2 rings (SSSR count). The maximum atomic E-state index is 15.1. The van der Waals surface area contributed by atoms with Crippen LogP contribution in [0, 0.1) is 18.3 Å². The quantitative estimate of drug-likeness (QED) is 0.453. The fraction of sp³-hybridized carbons (Fsp3) is 0.654. The van der Waals surface area contributed by atoms with Crippen LogP contribution >= 0.6 is 11.3 Å². The Morgan fingerprint density at radius 1 is 1.31 bits per heavy atom. The van der Waals surface area contributed by atoms with Crippen LogP contribution in [0.15, 0.2) is 22.9 Å². The molecule has 5 atom stereocenters. The first-order chi connectivity index (χ1) is 16.4. The number of Topliss-reactive ketones (excluding diaryl/α,β-unsaturated/α-hetero) is 1. The van der Waals surface area contributed by atoms with Crippen LogP contribution in [0.1, 0.15) is 71.0 Å². The Balaban J connectivity index is 2.35. The summed E-state index contributed by atoms with van der Waals surface area (Å²) in [6.07, 6.45) is -0.708. The van der Waals surface area contributed by atoms with Crippen LogP contribution in [-0.2, 0) is 19.1 Å². The fourth-order valence-corrected chi connectivity index (χ4v) is 4.55. The number of hydrogen-bond donors (Lipinski definition) is 2. The number of rotatable bonds is 3. The summed E-state index contributed by atoms with van der Waals surface area (Å²) in [4.78, 5) is 30.2. The first-order valence-electron chi connectivity index (χ1n) is 12.0. The number of esters is 1. The highest BCUT2D eigenvalue weighted by molar-refractivity contribution is 7.09. The number of cyclic esters (lactones) is 1. The predicted molar refractivity (Wildman–Crippen MR) is 133 cm³/mol. The number of aromatic nitrogens is 1. The number of carbonyl (C=O) groups excluding carboxylic acids is 2. The number of aliphatic hydroxyl groups excluding tert-OH is 2. The molecule has 0 spiro atoms. The Bertz CT molecular complexity index is 940. The molecule has 0 bridgehead atoms. The average Bonchev–Trinajstić information content (AvgIpc) is 3.20. The minimum Gasteiger partial charge on any atom is -0.455 e. The summed E-state index contributed by atoms with van der Waals surface area (Å²) in [5.41, 5.74) is 0.00398. The minimum atomic E-state index is -1.38. The van der Waals surface area contributed by atoms with Crippen molar-refractivity contribution >= 4 is 29.2 Å². The van der Waals surface area contributed by atoms with Crippen molar-refractivity contribution < 1.29 is 33.7 Å². The predicted octanol–water partition coefficient (Wildman–Crippen LogP) is 4.55. The number of thiazole rings is 1. The normalized spacial score (nSPS) is 31.5. The number of ketones is 1. The Kier molecular flexibility index (Phi) is 10.8. The highest BCUT2D eigenvalue weighted by atomic mass is 32.1. The molecular weight excluding hydrogens is 473 g/mol. The van der Waals surface area contributed by atoms with E-state index in [4.69, 9.17) is 9.47 Å². The lowest BCUT2D eigenvalue weighted by atomic mass is 9.73. The lowest BCUT2D eigenvalue weighted by Gasteiger charge is -2.35. The molecule has 1 aromatic rings. The molecule has 0 saturated carbocycles. The molecular formula is C26H38FNO6S. The monoisotopic (exact) mass is 511 g/mol. The van der Waals surface area contributed by atoms with Gasteiger partial charge in [-0.3, -0.25) is 9.59 Å². The Hall–Kier alpha value is -1.94. The summed E-state index contributed by atoms with van der Waals surface area (Å²) in [5, 5.41) is 24.1. The van der Waals surface area contributed by atoms with E-state index in [1.54, 1.807) is 25.3 Å². The number of halogens is 1. The molecule has 2 heterocycles. The number of hydrogen-bond acceptors (Lipinski definition) is 8. The number of ether oxygens (including phenoxy) is 2. The van der Waals surface area contributed by atoms with E-state index < -0.39 is 54.0 Å². The van der Waals surface area contributed by atoms with Gasteiger partial charge in [-0.05, 0) is 33.6 Å². The zero-order valence-electron chi connectivity index (χ0n) is 21.4. The molecule has 196 valence electrons. The van der Waals surface area contributed by atoms with E-state index in [1.807, 2.05) is 13.8 Å². The number of aryl methyl sites for hydroxylation is 1. The van der Waals surface area contributed by atoms with Crippen molar-refractivity contribution in [1.82, 2.24) is 4.98 Å². The van der Waals surface area contributed by atoms with Gasteiger partial charge in [-0.25, -0.2) is 9.37 Å². The lowest BCUT2D eigenvalue weighted by Crippen LogP contribution is -2.47. The summed E-state index contributed by atoms with van der Waals surface area (Å²) in [7, 11) is 0. The summed E-state index contributed by atoms with van der Waals surface area (Å²) >= 11 is 1.38. The SMILES string of the molecule is CC[C@H]1C(=O)C(C)(C)[C@@H](O)CC(=O)O[C@H](/C(F)=C/c2csc(C)n2)C/C=C(/C)CCO[C@H](C)[C@H]1O. The molecule has 0 aliphatic carbocycles. The number of aliphatic hydroxyl groups is 2. The van der Waals surface area contributed by atoms with E-state index in [2.05, 4.69) is 4.98 Å². The lowest BCUT2D eigenvalue weighted by molar-refractivity contribution is -0.155. The molecule has 0 amide bonds. The van der Waals surface area contributed by atoms with Gasteiger partial charge in [0.1, 0.15) is 11.6 Å². The van der Waals surface area contributed by atoms with Gasteiger partial charge in [-0.2, -0.15) is 0 Å². The van der Waals surface area contributed by atoms with E-state index in [0.717, 1.165) is 10.6 Å². The molecule has 0 radical (unpaired) electrons. The molecule has 0 saturated heterocycles. The summed E-state index contributed by atoms with van der Waals surface area (Å²) in [6, 6.07) is 0. The van der Waals surface area contributed by atoms with Crippen LogP contribution in [0.3, 0.4) is 0 Å². The van der Waals surface area contributed by atoms with E-state index >= 15 is 4.39 Å². The van der Waals surface area contributed by atoms with Crippen LogP contribution in [0.4, 0.5) is 4.39 Å². The Morgan fingerprint density at radius 2 is 2.00 bits per heavy atom. The number of carbonyl (C=O) groups is 2. The average molecular weight is 512 g/mol. The van der Waals surface area contributed by atoms with Gasteiger partial charge in [0.05, 0.1) is 47.5 Å². The molecule has 7 nitrogen and oxygen atoms in total. The van der Waals surface area contributed by atoms with E-state index in [9.17, 15) is 19.8 Å². The van der Waals surface area contributed by atoms with Crippen molar-refractivity contribution in [2.75, 3.05) is 6.61 Å². The van der Waals surface area contributed by atoms with Crippen molar-refractivity contribution in [3.8, 4) is 0 Å². The van der Waals surface area contributed by atoms with E-state index in [1.165, 1.54) is 31.3 Å². The van der Waals surface area contributed by atoms with Gasteiger partial charge in [0.2, 0.25) is 0 Å². The molecule has 0 unspecified atom stereocenters. The minimum absolute atomic E-state index is 0.0948. The standard InChI is InChI=1S/C26H38FNO6S/c1-7-19-24(31)16(3)33-11-10-15(2)8-9-21(20(27)12-18-14-35-17(4)28-18)34-23(30)13-22(29)26(5,6)25(19)32/h8,12,14,16,19,21-22,24,29,31H,7,9-11,13H2,1-6H3/b15-8-,20-12-/t16-,19-,21+,22+,24-/m1/s1. The third kappa shape index (κ3) is 8.03. The van der Waals surface area contributed by atoms with Gasteiger partial charge in [0.15, 0.2) is 6.10 Å². The second-order valence-electron chi connectivity index (χ2n) is 9.72. The summed E-state index contributed by atoms with van der Waals surface area (Å²) in [5.74, 6) is -2.61. The van der Waals surface area contributed by atoms with Crippen molar-refractivity contribution in [3.63, 3.8) is 0 Å². The first kappa shape index (κ1) is 29.3. The molecule has 2 N–H and O–H groups in total. The third-order valence-corrected chi connectivity index (χ3v) is 7.35. The van der Waals surface area contributed by atoms with Gasteiger partial charge in [-0.1, -0.05) is 32.4 Å². The molecule has 9 heteroatoms. The summed E-state index contributed by atoms with van der Waals surface area (Å²) < 4.78 is 26.3. The van der Waals surface area contributed by atoms with Crippen LogP contribution in [-0.4, -0.2) is 58.0 Å². The maximum Gasteiger partial charge on any atom is 0.309 e. The molecule has 1 aromatic heterocycles. The molecule has 35 heavy (non-hydrogen) atoms. The topological polar surface area (TPSA) is 106 Å². The van der Waals surface area contributed by atoms with Crippen molar-refractivity contribution in [2.45, 2.75) is 91.6 Å². The smallest absolute Gasteiger partial charge is 0.309 e. The van der Waals surface area contributed by atoms with Crippen LogP contribution in [0.5, 0.6) is 0 Å². The summed E-state index contributed by atoms with van der Waals surface area (Å²) in [6.45, 7) is 10.5. The van der Waals surface area contributed by atoms with E-state index in [0.29, 0.717) is 25.1 Å². The molecule has 1 aliphatic rings. The Labute approximate surface area is 211 Å². The van der Waals surface area contributed by atoms with Crippen molar-refractivity contribution in [3.05, 3.63) is 33.6 Å². The van der Waals surface area contributed by atoms with Gasteiger partial charge in [0, 0.05) is 23.8 Å². The van der Waals surface area contributed by atoms with Crippen LogP contribution in [0.2, 0.25) is 0 Å². The molecule has 0 fully saturated rings. The second kappa shape index (κ2) is 12.9.